The Morgan fingerprint density at radius 1 is 1.38 bits per heavy atom. The summed E-state index contributed by atoms with van der Waals surface area (Å²) in [6.45, 7) is 4.18. The van der Waals surface area contributed by atoms with Gasteiger partial charge in [0.05, 0.1) is 17.8 Å². The van der Waals surface area contributed by atoms with Gasteiger partial charge in [-0.3, -0.25) is 0 Å². The lowest BCUT2D eigenvalue weighted by Crippen LogP contribution is -1.88. The van der Waals surface area contributed by atoms with E-state index in [2.05, 4.69) is 36.3 Å². The van der Waals surface area contributed by atoms with Gasteiger partial charge in [0, 0.05) is 10.9 Å². The molecule has 0 atom stereocenters. The second-order valence-electron chi connectivity index (χ2n) is 3.66. The summed E-state index contributed by atoms with van der Waals surface area (Å²) in [5.74, 6) is 0.926. The number of aromatic nitrogens is 1. The minimum absolute atomic E-state index is 0.926. The van der Waals surface area contributed by atoms with Gasteiger partial charge in [0.25, 0.3) is 0 Å². The van der Waals surface area contributed by atoms with Gasteiger partial charge in [-0.2, -0.15) is 0 Å². The molecule has 16 heavy (non-hydrogen) atoms. The quantitative estimate of drug-likeness (QED) is 0.806. The van der Waals surface area contributed by atoms with Crippen molar-refractivity contribution in [2.24, 2.45) is 0 Å². The van der Waals surface area contributed by atoms with Crippen LogP contribution in [0.25, 0.3) is 11.3 Å². The van der Waals surface area contributed by atoms with Crippen molar-refractivity contribution >= 4 is 11.3 Å². The van der Waals surface area contributed by atoms with Crippen molar-refractivity contribution in [3.05, 3.63) is 34.2 Å². The molecule has 0 aliphatic carbocycles. The first kappa shape index (κ1) is 11.1. The van der Waals surface area contributed by atoms with E-state index in [0.717, 1.165) is 29.0 Å². The average Bonchev–Trinajstić information content (AvgIpc) is 2.77. The molecular formula is C13H15NOS. The Hall–Kier alpha value is -1.35. The first-order chi connectivity index (χ1) is 7.74. The molecule has 1 aromatic carbocycles. The van der Waals surface area contributed by atoms with E-state index in [1.165, 1.54) is 5.01 Å². The third-order valence-electron chi connectivity index (χ3n) is 2.54. The zero-order chi connectivity index (χ0) is 11.5. The van der Waals surface area contributed by atoms with Crippen molar-refractivity contribution in [2.45, 2.75) is 20.3 Å². The maximum atomic E-state index is 5.24. The third-order valence-corrected chi connectivity index (χ3v) is 3.54. The van der Waals surface area contributed by atoms with E-state index in [-0.39, 0.29) is 0 Å². The van der Waals surface area contributed by atoms with E-state index in [0.29, 0.717) is 0 Å². The minimum Gasteiger partial charge on any atom is -0.496 e. The fourth-order valence-corrected chi connectivity index (χ4v) is 2.40. The molecule has 0 saturated heterocycles. The number of methoxy groups -OCH3 is 1. The lowest BCUT2D eigenvalue weighted by Gasteiger charge is -2.05. The smallest absolute Gasteiger partial charge is 0.121 e. The summed E-state index contributed by atoms with van der Waals surface area (Å²) in [4.78, 5) is 4.57. The third kappa shape index (κ3) is 2.09. The highest BCUT2D eigenvalue weighted by Crippen LogP contribution is 2.27. The molecule has 0 amide bonds. The van der Waals surface area contributed by atoms with Crippen LogP contribution >= 0.6 is 11.3 Å². The zero-order valence-corrected chi connectivity index (χ0v) is 10.6. The molecule has 0 fully saturated rings. The van der Waals surface area contributed by atoms with Crippen LogP contribution in [0.1, 0.15) is 17.5 Å². The average molecular weight is 233 g/mol. The second-order valence-corrected chi connectivity index (χ2v) is 4.61. The SMILES string of the molecule is CCc1nc(-c2ccc(OC)c(C)c2)cs1. The Kier molecular flexibility index (Phi) is 3.25. The fraction of sp³-hybridized carbons (Fsp3) is 0.308. The molecule has 84 valence electrons. The molecule has 0 radical (unpaired) electrons. The van der Waals surface area contributed by atoms with Gasteiger partial charge in [-0.25, -0.2) is 4.98 Å². The molecule has 2 aromatic rings. The summed E-state index contributed by atoms with van der Waals surface area (Å²) >= 11 is 1.72. The number of aryl methyl sites for hydroxylation is 2. The Balaban J connectivity index is 2.37. The highest BCUT2D eigenvalue weighted by atomic mass is 32.1. The molecule has 1 heterocycles. The van der Waals surface area contributed by atoms with E-state index >= 15 is 0 Å². The molecule has 1 aromatic heterocycles. The van der Waals surface area contributed by atoms with Crippen LogP contribution in [-0.2, 0) is 6.42 Å². The van der Waals surface area contributed by atoms with Crippen LogP contribution in [0.15, 0.2) is 23.6 Å². The lowest BCUT2D eigenvalue weighted by molar-refractivity contribution is 0.412. The summed E-state index contributed by atoms with van der Waals surface area (Å²) in [6, 6.07) is 6.17. The van der Waals surface area contributed by atoms with Crippen molar-refractivity contribution < 1.29 is 4.74 Å². The van der Waals surface area contributed by atoms with Crippen LogP contribution in [0.2, 0.25) is 0 Å². The molecule has 0 aliphatic heterocycles. The van der Waals surface area contributed by atoms with E-state index in [1.54, 1.807) is 18.4 Å². The van der Waals surface area contributed by atoms with Gasteiger partial charge in [-0.1, -0.05) is 6.92 Å². The van der Waals surface area contributed by atoms with Crippen LogP contribution in [0.4, 0.5) is 0 Å². The van der Waals surface area contributed by atoms with Crippen LogP contribution < -0.4 is 4.74 Å². The van der Waals surface area contributed by atoms with E-state index < -0.39 is 0 Å². The maximum absolute atomic E-state index is 5.24. The predicted molar refractivity (Wildman–Crippen MR) is 68.2 cm³/mol. The van der Waals surface area contributed by atoms with Crippen LogP contribution in [-0.4, -0.2) is 12.1 Å². The van der Waals surface area contributed by atoms with Crippen molar-refractivity contribution in [1.82, 2.24) is 4.98 Å². The van der Waals surface area contributed by atoms with Gasteiger partial charge in [0.15, 0.2) is 0 Å². The number of thiazole rings is 1. The molecule has 3 heteroatoms. The van der Waals surface area contributed by atoms with Crippen molar-refractivity contribution in [3.63, 3.8) is 0 Å². The van der Waals surface area contributed by atoms with Crippen LogP contribution in [0, 0.1) is 6.92 Å². The second kappa shape index (κ2) is 4.66. The van der Waals surface area contributed by atoms with Crippen LogP contribution in [0.5, 0.6) is 5.75 Å². The lowest BCUT2D eigenvalue weighted by atomic mass is 10.1. The summed E-state index contributed by atoms with van der Waals surface area (Å²) in [5.41, 5.74) is 3.37. The van der Waals surface area contributed by atoms with Crippen molar-refractivity contribution in [3.8, 4) is 17.0 Å². The molecule has 0 saturated carbocycles. The fourth-order valence-electron chi connectivity index (χ4n) is 1.64. The Labute approximate surface area is 99.9 Å². The summed E-state index contributed by atoms with van der Waals surface area (Å²) < 4.78 is 5.24. The van der Waals surface area contributed by atoms with E-state index in [4.69, 9.17) is 4.74 Å². The highest BCUT2D eigenvalue weighted by molar-refractivity contribution is 7.09. The number of nitrogens with zero attached hydrogens (tertiary/aromatic N) is 1. The summed E-state index contributed by atoms with van der Waals surface area (Å²) in [6.07, 6.45) is 1.000. The number of benzene rings is 1. The van der Waals surface area contributed by atoms with Gasteiger partial charge in [-0.05, 0) is 37.1 Å². The first-order valence-corrected chi connectivity index (χ1v) is 6.22. The number of ether oxygens (including phenoxy) is 1. The van der Waals surface area contributed by atoms with Crippen molar-refractivity contribution in [2.75, 3.05) is 7.11 Å². The zero-order valence-electron chi connectivity index (χ0n) is 9.78. The minimum atomic E-state index is 0.926. The number of hydrogen-bond donors (Lipinski definition) is 0. The topological polar surface area (TPSA) is 22.1 Å². The van der Waals surface area contributed by atoms with Crippen LogP contribution in [0.3, 0.4) is 0 Å². The number of rotatable bonds is 3. The van der Waals surface area contributed by atoms with Gasteiger partial charge in [0.2, 0.25) is 0 Å². The summed E-state index contributed by atoms with van der Waals surface area (Å²) in [5, 5.41) is 3.29. The van der Waals surface area contributed by atoms with Gasteiger partial charge < -0.3 is 4.74 Å². The molecule has 0 N–H and O–H groups in total. The molecule has 0 unspecified atom stereocenters. The molecule has 2 nitrogen and oxygen atoms in total. The molecule has 2 rings (SSSR count). The molecular weight excluding hydrogens is 218 g/mol. The Morgan fingerprint density at radius 2 is 2.19 bits per heavy atom. The Morgan fingerprint density at radius 3 is 2.75 bits per heavy atom. The van der Waals surface area contributed by atoms with Crippen molar-refractivity contribution in [1.29, 1.82) is 0 Å². The van der Waals surface area contributed by atoms with E-state index in [9.17, 15) is 0 Å². The largest absolute Gasteiger partial charge is 0.496 e. The maximum Gasteiger partial charge on any atom is 0.121 e. The normalized spacial score (nSPS) is 10.4. The van der Waals surface area contributed by atoms with Gasteiger partial charge in [-0.15, -0.1) is 11.3 Å². The molecule has 0 bridgehead atoms. The van der Waals surface area contributed by atoms with Gasteiger partial charge in [0.1, 0.15) is 5.75 Å². The number of hydrogen-bond acceptors (Lipinski definition) is 3. The molecule has 0 spiro atoms. The monoisotopic (exact) mass is 233 g/mol. The highest BCUT2D eigenvalue weighted by Gasteiger charge is 2.05. The first-order valence-electron chi connectivity index (χ1n) is 5.34. The van der Waals surface area contributed by atoms with Gasteiger partial charge >= 0.3 is 0 Å². The predicted octanol–water partition coefficient (Wildman–Crippen LogP) is 3.69. The van der Waals surface area contributed by atoms with E-state index in [1.807, 2.05) is 6.07 Å². The standard InChI is InChI=1S/C13H15NOS/c1-4-13-14-11(8-16-13)10-5-6-12(15-3)9(2)7-10/h5-8H,4H2,1-3H3. The molecule has 0 aliphatic rings. The summed E-state index contributed by atoms with van der Waals surface area (Å²) in [7, 11) is 1.69. The Bertz CT molecular complexity index is 490.